The van der Waals surface area contributed by atoms with Crippen molar-refractivity contribution in [1.82, 2.24) is 19.9 Å². The van der Waals surface area contributed by atoms with Gasteiger partial charge in [0.1, 0.15) is 17.3 Å². The second kappa shape index (κ2) is 9.75. The first-order valence-electron chi connectivity index (χ1n) is 12.8. The standard InChI is InChI=1S/C34H20F2N4/c35-24-16-18-29-30(20-24)40-34(32(39-29)22-11-5-2-6-12-22)25-17-15-23(19-26(25)36)33-31(21-9-3-1-4-10-21)37-27-13-7-8-14-28(27)38-33/h1-20H. The summed E-state index contributed by atoms with van der Waals surface area (Å²) in [4.78, 5) is 19.2. The van der Waals surface area contributed by atoms with Crippen LogP contribution in [0.25, 0.3) is 67.1 Å². The molecule has 40 heavy (non-hydrogen) atoms. The third-order valence-corrected chi connectivity index (χ3v) is 6.79. The van der Waals surface area contributed by atoms with Crippen LogP contribution in [-0.4, -0.2) is 19.9 Å². The number of hydrogen-bond acceptors (Lipinski definition) is 4. The van der Waals surface area contributed by atoms with Crippen LogP contribution in [-0.2, 0) is 0 Å². The SMILES string of the molecule is Fc1ccc2nc(-c3ccccc3)c(-c3ccc(-c4nc5ccccc5nc4-c4ccccc4)cc3F)nc2c1. The summed E-state index contributed by atoms with van der Waals surface area (Å²) in [6.45, 7) is 0. The number of hydrogen-bond donors (Lipinski definition) is 0. The summed E-state index contributed by atoms with van der Waals surface area (Å²) >= 11 is 0. The van der Waals surface area contributed by atoms with Gasteiger partial charge in [0.25, 0.3) is 0 Å². The topological polar surface area (TPSA) is 51.6 Å². The van der Waals surface area contributed by atoms with Gasteiger partial charge in [-0.2, -0.15) is 0 Å². The fourth-order valence-electron chi connectivity index (χ4n) is 4.87. The smallest absolute Gasteiger partial charge is 0.133 e. The van der Waals surface area contributed by atoms with Gasteiger partial charge in [-0.1, -0.05) is 78.9 Å². The Labute approximate surface area is 228 Å². The first kappa shape index (κ1) is 23.7. The van der Waals surface area contributed by atoms with Gasteiger partial charge >= 0.3 is 0 Å². The van der Waals surface area contributed by atoms with E-state index in [1.54, 1.807) is 12.1 Å². The first-order chi connectivity index (χ1) is 19.6. The van der Waals surface area contributed by atoms with Crippen molar-refractivity contribution in [3.05, 3.63) is 133 Å². The predicted molar refractivity (Wildman–Crippen MR) is 154 cm³/mol. The normalized spacial score (nSPS) is 11.2. The summed E-state index contributed by atoms with van der Waals surface area (Å²) in [5, 5.41) is 0. The van der Waals surface area contributed by atoms with E-state index in [1.165, 1.54) is 18.2 Å². The van der Waals surface area contributed by atoms with Crippen molar-refractivity contribution in [2.24, 2.45) is 0 Å². The highest BCUT2D eigenvalue weighted by Gasteiger charge is 2.19. The summed E-state index contributed by atoms with van der Waals surface area (Å²) < 4.78 is 30.1. The minimum absolute atomic E-state index is 0.260. The van der Waals surface area contributed by atoms with Crippen LogP contribution >= 0.6 is 0 Å². The van der Waals surface area contributed by atoms with Gasteiger partial charge < -0.3 is 0 Å². The minimum Gasteiger partial charge on any atom is -0.244 e. The molecule has 7 rings (SSSR count). The molecule has 0 saturated carbocycles. The number of halogens is 2. The van der Waals surface area contributed by atoms with Crippen LogP contribution in [0, 0.1) is 11.6 Å². The summed E-state index contributed by atoms with van der Waals surface area (Å²) in [6.07, 6.45) is 0. The molecule has 0 unspecified atom stereocenters. The van der Waals surface area contributed by atoms with Crippen molar-refractivity contribution in [3.8, 4) is 45.0 Å². The molecular weight excluding hydrogens is 502 g/mol. The molecule has 0 aliphatic heterocycles. The van der Waals surface area contributed by atoms with Gasteiger partial charge in [0, 0.05) is 28.3 Å². The average Bonchev–Trinajstić information content (AvgIpc) is 3.00. The van der Waals surface area contributed by atoms with Crippen molar-refractivity contribution < 1.29 is 8.78 Å². The molecule has 0 spiro atoms. The number of aromatic nitrogens is 4. The third-order valence-electron chi connectivity index (χ3n) is 6.79. The monoisotopic (exact) mass is 522 g/mol. The molecule has 2 heterocycles. The molecule has 0 bridgehead atoms. The summed E-state index contributed by atoms with van der Waals surface area (Å²) in [7, 11) is 0. The summed E-state index contributed by atoms with van der Waals surface area (Å²) in [5.41, 5.74) is 6.95. The molecule has 0 saturated heterocycles. The van der Waals surface area contributed by atoms with Crippen molar-refractivity contribution in [3.63, 3.8) is 0 Å². The number of nitrogens with zero attached hydrogens (tertiary/aromatic N) is 4. The quantitative estimate of drug-likeness (QED) is 0.232. The number of benzene rings is 5. The molecule has 0 amide bonds. The van der Waals surface area contributed by atoms with Gasteiger partial charge in [-0.05, 0) is 36.4 Å². The molecule has 4 nitrogen and oxygen atoms in total. The van der Waals surface area contributed by atoms with Crippen molar-refractivity contribution in [2.45, 2.75) is 0 Å². The minimum atomic E-state index is -0.492. The highest BCUT2D eigenvalue weighted by Crippen LogP contribution is 2.36. The molecule has 0 N–H and O–H groups in total. The lowest BCUT2D eigenvalue weighted by Gasteiger charge is -2.14. The van der Waals surface area contributed by atoms with Crippen LogP contribution in [0.4, 0.5) is 8.78 Å². The van der Waals surface area contributed by atoms with Gasteiger partial charge in [-0.3, -0.25) is 0 Å². The van der Waals surface area contributed by atoms with E-state index in [1.807, 2.05) is 91.0 Å². The molecular formula is C34H20F2N4. The largest absolute Gasteiger partial charge is 0.244 e. The molecule has 0 fully saturated rings. The van der Waals surface area contributed by atoms with E-state index in [2.05, 4.69) is 4.98 Å². The Kier molecular flexibility index (Phi) is 5.78. The van der Waals surface area contributed by atoms with Crippen LogP contribution < -0.4 is 0 Å². The van der Waals surface area contributed by atoms with E-state index in [0.717, 1.165) is 22.2 Å². The van der Waals surface area contributed by atoms with E-state index in [-0.39, 0.29) is 5.56 Å². The van der Waals surface area contributed by atoms with Gasteiger partial charge in [0.05, 0.1) is 39.1 Å². The molecule has 5 aromatic carbocycles. The number of fused-ring (bicyclic) bond motifs is 2. The highest BCUT2D eigenvalue weighted by atomic mass is 19.1. The van der Waals surface area contributed by atoms with Gasteiger partial charge in [0.15, 0.2) is 0 Å². The van der Waals surface area contributed by atoms with E-state index < -0.39 is 11.6 Å². The van der Waals surface area contributed by atoms with E-state index in [4.69, 9.17) is 15.0 Å². The van der Waals surface area contributed by atoms with Crippen molar-refractivity contribution in [2.75, 3.05) is 0 Å². The van der Waals surface area contributed by atoms with Gasteiger partial charge in [0.2, 0.25) is 0 Å². The van der Waals surface area contributed by atoms with Crippen LogP contribution in [0.2, 0.25) is 0 Å². The first-order valence-corrected chi connectivity index (χ1v) is 12.8. The van der Waals surface area contributed by atoms with E-state index >= 15 is 4.39 Å². The number of rotatable bonds is 4. The molecule has 0 atom stereocenters. The molecule has 2 aromatic heterocycles. The Bertz CT molecular complexity index is 2030. The number of para-hydroxylation sites is 2. The zero-order chi connectivity index (χ0) is 27.1. The molecule has 0 aliphatic carbocycles. The van der Waals surface area contributed by atoms with E-state index in [9.17, 15) is 4.39 Å². The summed E-state index contributed by atoms with van der Waals surface area (Å²) in [6, 6.07) is 36.0. The zero-order valence-electron chi connectivity index (χ0n) is 21.1. The molecule has 6 heteroatoms. The maximum absolute atomic E-state index is 16.1. The van der Waals surface area contributed by atoms with Gasteiger partial charge in [-0.15, -0.1) is 0 Å². The Morgan fingerprint density at radius 2 is 0.875 bits per heavy atom. The molecule has 0 aliphatic rings. The Morgan fingerprint density at radius 3 is 1.48 bits per heavy atom. The Balaban J connectivity index is 1.43. The maximum atomic E-state index is 16.1. The zero-order valence-corrected chi connectivity index (χ0v) is 21.1. The second-order valence-electron chi connectivity index (χ2n) is 9.39. The summed E-state index contributed by atoms with van der Waals surface area (Å²) in [5.74, 6) is -0.923. The third kappa shape index (κ3) is 4.25. The van der Waals surface area contributed by atoms with E-state index in [0.29, 0.717) is 39.4 Å². The average molecular weight is 523 g/mol. The fraction of sp³-hybridized carbons (Fsp3) is 0. The van der Waals surface area contributed by atoms with Crippen molar-refractivity contribution >= 4 is 22.1 Å². The maximum Gasteiger partial charge on any atom is 0.133 e. The lowest BCUT2D eigenvalue weighted by atomic mass is 9.99. The molecule has 190 valence electrons. The van der Waals surface area contributed by atoms with Crippen LogP contribution in [0.3, 0.4) is 0 Å². The lowest BCUT2D eigenvalue weighted by molar-refractivity contribution is 0.629. The molecule has 7 aromatic rings. The molecule has 0 radical (unpaired) electrons. The Morgan fingerprint density at radius 1 is 0.375 bits per heavy atom. The van der Waals surface area contributed by atoms with Crippen molar-refractivity contribution in [1.29, 1.82) is 0 Å². The van der Waals surface area contributed by atoms with Crippen LogP contribution in [0.1, 0.15) is 0 Å². The second-order valence-corrected chi connectivity index (χ2v) is 9.39. The van der Waals surface area contributed by atoms with Gasteiger partial charge in [-0.25, -0.2) is 28.7 Å². The Hall–Kier alpha value is -5.36. The predicted octanol–water partition coefficient (Wildman–Crippen LogP) is 8.52. The lowest BCUT2D eigenvalue weighted by Crippen LogP contribution is -1.99. The van der Waals surface area contributed by atoms with Crippen LogP contribution in [0.5, 0.6) is 0 Å². The fourth-order valence-corrected chi connectivity index (χ4v) is 4.87. The highest BCUT2D eigenvalue weighted by molar-refractivity contribution is 5.89. The van der Waals surface area contributed by atoms with Crippen LogP contribution in [0.15, 0.2) is 121 Å².